The third-order valence-electron chi connectivity index (χ3n) is 3.73. The van der Waals surface area contributed by atoms with Gasteiger partial charge in [0.15, 0.2) is 16.6 Å². The predicted molar refractivity (Wildman–Crippen MR) is 109 cm³/mol. The van der Waals surface area contributed by atoms with Crippen molar-refractivity contribution in [1.82, 2.24) is 10.0 Å². The number of hydrogen-bond donors (Lipinski definition) is 3. The Hall–Kier alpha value is -3.18. The minimum atomic E-state index is -3.92. The lowest BCUT2D eigenvalue weighted by atomic mass is 10.2. The summed E-state index contributed by atoms with van der Waals surface area (Å²) in [4.78, 5) is 23.3. The van der Waals surface area contributed by atoms with E-state index in [9.17, 15) is 18.0 Å². The van der Waals surface area contributed by atoms with Gasteiger partial charge in [0.05, 0.1) is 4.90 Å². The maximum Gasteiger partial charge on any atom is 0.264 e. The largest absolute Gasteiger partial charge is 0.486 e. The maximum atomic E-state index is 12.4. The summed E-state index contributed by atoms with van der Waals surface area (Å²) >= 11 is 5.12. The van der Waals surface area contributed by atoms with Crippen LogP contribution in [0.25, 0.3) is 0 Å². The first-order chi connectivity index (χ1) is 13.7. The van der Waals surface area contributed by atoms with Crippen LogP contribution in [0, 0.1) is 0 Å². The molecule has 0 spiro atoms. The summed E-state index contributed by atoms with van der Waals surface area (Å²) in [6, 6.07) is 10.3. The minimum absolute atomic E-state index is 0.0300. The van der Waals surface area contributed by atoms with Crippen molar-refractivity contribution in [3.05, 3.63) is 48.0 Å². The first-order valence-corrected chi connectivity index (χ1v) is 10.3. The van der Waals surface area contributed by atoms with Crippen LogP contribution in [0.15, 0.2) is 47.4 Å². The van der Waals surface area contributed by atoms with Gasteiger partial charge in [0.25, 0.3) is 15.9 Å². The van der Waals surface area contributed by atoms with Crippen molar-refractivity contribution in [2.24, 2.45) is 0 Å². The van der Waals surface area contributed by atoms with Gasteiger partial charge >= 0.3 is 0 Å². The number of rotatable bonds is 4. The number of fused-ring (bicyclic) bond motifs is 1. The van der Waals surface area contributed by atoms with Gasteiger partial charge < -0.3 is 14.8 Å². The number of anilines is 1. The first kappa shape index (κ1) is 20.6. The van der Waals surface area contributed by atoms with Crippen LogP contribution in [0.5, 0.6) is 11.5 Å². The Morgan fingerprint density at radius 3 is 2.31 bits per heavy atom. The standard InChI is InChI=1S/C18H17N3O6S2/c1-11(22)21-29(24,25)14-5-3-13(4-6-14)19-18(28)20-17(23)12-2-7-15-16(10-12)27-9-8-26-15/h2-7,10H,8-9H2,1H3,(H,21,22)(H2,19,20,23,28). The summed E-state index contributed by atoms with van der Waals surface area (Å²) in [7, 11) is -3.92. The second-order valence-electron chi connectivity index (χ2n) is 5.95. The predicted octanol–water partition coefficient (Wildman–Crippen LogP) is 1.41. The molecule has 1 heterocycles. The number of carbonyl (C=O) groups is 2. The molecule has 0 unspecified atom stereocenters. The van der Waals surface area contributed by atoms with Crippen LogP contribution in [0.3, 0.4) is 0 Å². The van der Waals surface area contributed by atoms with Crippen molar-refractivity contribution >= 4 is 44.9 Å². The van der Waals surface area contributed by atoms with Crippen LogP contribution in [-0.4, -0.2) is 38.6 Å². The topological polar surface area (TPSA) is 123 Å². The van der Waals surface area contributed by atoms with E-state index in [4.69, 9.17) is 21.7 Å². The molecule has 0 aromatic heterocycles. The fourth-order valence-corrected chi connectivity index (χ4v) is 3.69. The molecule has 0 fully saturated rings. The molecular formula is C18H17N3O6S2. The van der Waals surface area contributed by atoms with Crippen molar-refractivity contribution in [3.8, 4) is 11.5 Å². The number of sulfonamides is 1. The molecule has 1 aliphatic rings. The van der Waals surface area contributed by atoms with Gasteiger partial charge in [0.1, 0.15) is 13.2 Å². The Morgan fingerprint density at radius 2 is 1.66 bits per heavy atom. The SMILES string of the molecule is CC(=O)NS(=O)(=O)c1ccc(NC(=S)NC(=O)c2ccc3c(c2)OCCO3)cc1. The Bertz CT molecular complexity index is 1070. The van der Waals surface area contributed by atoms with Gasteiger partial charge in [0.2, 0.25) is 5.91 Å². The van der Waals surface area contributed by atoms with E-state index in [-0.39, 0.29) is 10.0 Å². The zero-order chi connectivity index (χ0) is 21.0. The van der Waals surface area contributed by atoms with E-state index in [0.29, 0.717) is 36.0 Å². The molecule has 29 heavy (non-hydrogen) atoms. The molecule has 0 atom stereocenters. The smallest absolute Gasteiger partial charge is 0.264 e. The minimum Gasteiger partial charge on any atom is -0.486 e. The van der Waals surface area contributed by atoms with E-state index in [2.05, 4.69) is 10.6 Å². The normalized spacial score (nSPS) is 12.6. The summed E-state index contributed by atoms with van der Waals surface area (Å²) in [5, 5.41) is 5.35. The highest BCUT2D eigenvalue weighted by Gasteiger charge is 2.17. The lowest BCUT2D eigenvalue weighted by Gasteiger charge is -2.18. The molecule has 0 radical (unpaired) electrons. The highest BCUT2D eigenvalue weighted by Crippen LogP contribution is 2.30. The molecule has 0 saturated carbocycles. The van der Waals surface area contributed by atoms with Crippen molar-refractivity contribution < 1.29 is 27.5 Å². The lowest BCUT2D eigenvalue weighted by Crippen LogP contribution is -2.34. The van der Waals surface area contributed by atoms with E-state index in [1.165, 1.54) is 24.3 Å². The molecule has 3 N–H and O–H groups in total. The summed E-state index contributed by atoms with van der Waals surface area (Å²) in [6.45, 7) is 1.97. The highest BCUT2D eigenvalue weighted by atomic mass is 32.2. The number of thiocarbonyl (C=S) groups is 1. The van der Waals surface area contributed by atoms with Crippen LogP contribution in [0.2, 0.25) is 0 Å². The number of benzene rings is 2. The third kappa shape index (κ3) is 5.21. The summed E-state index contributed by atoms with van der Waals surface area (Å²) < 4.78 is 36.6. The summed E-state index contributed by atoms with van der Waals surface area (Å²) in [5.41, 5.74) is 0.800. The van der Waals surface area contributed by atoms with Gasteiger partial charge in [-0.2, -0.15) is 0 Å². The van der Waals surface area contributed by atoms with Gasteiger partial charge in [-0.05, 0) is 54.7 Å². The Morgan fingerprint density at radius 1 is 1.00 bits per heavy atom. The lowest BCUT2D eigenvalue weighted by molar-refractivity contribution is -0.117. The van der Waals surface area contributed by atoms with Gasteiger partial charge in [-0.25, -0.2) is 13.1 Å². The molecule has 152 valence electrons. The van der Waals surface area contributed by atoms with Crippen LogP contribution in [-0.2, 0) is 14.8 Å². The Labute approximate surface area is 172 Å². The number of nitrogens with one attached hydrogen (secondary N) is 3. The quantitative estimate of drug-likeness (QED) is 0.616. The fourth-order valence-electron chi connectivity index (χ4n) is 2.49. The van der Waals surface area contributed by atoms with Crippen molar-refractivity contribution in [3.63, 3.8) is 0 Å². The molecule has 11 heteroatoms. The Balaban J connectivity index is 1.62. The van der Waals surface area contributed by atoms with Crippen molar-refractivity contribution in [1.29, 1.82) is 0 Å². The molecule has 0 aliphatic carbocycles. The Kier molecular flexibility index (Phi) is 5.99. The highest BCUT2D eigenvalue weighted by molar-refractivity contribution is 7.90. The molecular weight excluding hydrogens is 418 g/mol. The van der Waals surface area contributed by atoms with Gasteiger partial charge in [0, 0.05) is 18.2 Å². The third-order valence-corrected chi connectivity index (χ3v) is 5.39. The molecule has 9 nitrogen and oxygen atoms in total. The van der Waals surface area contributed by atoms with E-state index in [0.717, 1.165) is 6.92 Å². The zero-order valence-electron chi connectivity index (χ0n) is 15.2. The van der Waals surface area contributed by atoms with E-state index < -0.39 is 21.8 Å². The summed E-state index contributed by atoms with van der Waals surface area (Å²) in [6.07, 6.45) is 0. The second-order valence-corrected chi connectivity index (χ2v) is 8.04. The molecule has 1 aliphatic heterocycles. The fraction of sp³-hybridized carbons (Fsp3) is 0.167. The summed E-state index contributed by atoms with van der Waals surface area (Å²) in [5.74, 6) is -0.0684. The van der Waals surface area contributed by atoms with E-state index in [1.54, 1.807) is 18.2 Å². The molecule has 3 rings (SSSR count). The van der Waals surface area contributed by atoms with E-state index >= 15 is 0 Å². The van der Waals surface area contributed by atoms with Crippen LogP contribution in [0.1, 0.15) is 17.3 Å². The van der Waals surface area contributed by atoms with E-state index in [1.807, 2.05) is 4.72 Å². The number of ether oxygens (including phenoxy) is 2. The van der Waals surface area contributed by atoms with Crippen molar-refractivity contribution in [2.45, 2.75) is 11.8 Å². The van der Waals surface area contributed by atoms with Gasteiger partial charge in [-0.3, -0.25) is 14.9 Å². The molecule has 2 aromatic rings. The second kappa shape index (κ2) is 8.45. The van der Waals surface area contributed by atoms with Gasteiger partial charge in [-0.15, -0.1) is 0 Å². The van der Waals surface area contributed by atoms with Gasteiger partial charge in [-0.1, -0.05) is 0 Å². The number of amides is 2. The molecule has 2 amide bonds. The van der Waals surface area contributed by atoms with Crippen LogP contribution < -0.4 is 24.8 Å². The molecule has 2 aromatic carbocycles. The average molecular weight is 435 g/mol. The zero-order valence-corrected chi connectivity index (χ0v) is 16.9. The molecule has 0 bridgehead atoms. The van der Waals surface area contributed by atoms with Crippen LogP contribution in [0.4, 0.5) is 5.69 Å². The average Bonchev–Trinajstić information content (AvgIpc) is 2.67. The first-order valence-electron chi connectivity index (χ1n) is 8.40. The maximum absolute atomic E-state index is 12.4. The van der Waals surface area contributed by atoms with Crippen molar-refractivity contribution in [2.75, 3.05) is 18.5 Å². The monoisotopic (exact) mass is 435 g/mol. The number of hydrogen-bond acceptors (Lipinski definition) is 7. The number of carbonyl (C=O) groups excluding carboxylic acids is 2. The van der Waals surface area contributed by atoms with Crippen LogP contribution >= 0.6 is 12.2 Å². The molecule has 0 saturated heterocycles.